The molecular weight excluding hydrogens is 372 g/mol. The van der Waals surface area contributed by atoms with Crippen molar-refractivity contribution in [2.45, 2.75) is 5.16 Å². The van der Waals surface area contributed by atoms with Gasteiger partial charge in [-0.1, -0.05) is 11.8 Å². The monoisotopic (exact) mass is 388 g/mol. The van der Waals surface area contributed by atoms with E-state index in [2.05, 4.69) is 15.3 Å². The molecule has 0 aliphatic carbocycles. The number of rotatable bonds is 7. The molecule has 9 nitrogen and oxygen atoms in total. The normalized spacial score (nSPS) is 10.6. The maximum Gasteiger partial charge on any atom is 0.296 e. The molecule has 1 amide bonds. The van der Waals surface area contributed by atoms with Gasteiger partial charge in [0.2, 0.25) is 5.91 Å². The van der Waals surface area contributed by atoms with Gasteiger partial charge < -0.3 is 19.8 Å². The van der Waals surface area contributed by atoms with Gasteiger partial charge in [0.1, 0.15) is 17.2 Å². The molecule has 0 saturated heterocycles. The molecule has 0 fully saturated rings. The minimum atomic E-state index is -0.572. The second kappa shape index (κ2) is 7.96. The van der Waals surface area contributed by atoms with Crippen LogP contribution in [0.5, 0.6) is 11.5 Å². The summed E-state index contributed by atoms with van der Waals surface area (Å²) >= 11 is 1.19. The number of carbonyl (C=O) groups excluding carboxylic acids is 1. The topological polar surface area (TPSA) is 119 Å². The zero-order valence-corrected chi connectivity index (χ0v) is 15.3. The number of aromatic nitrogens is 2. The van der Waals surface area contributed by atoms with Crippen LogP contribution in [0.2, 0.25) is 0 Å². The lowest BCUT2D eigenvalue weighted by molar-refractivity contribution is -0.384. The minimum absolute atomic E-state index is 0.0418. The molecule has 1 aromatic heterocycles. The molecule has 2 aromatic carbocycles. The third-order valence-corrected chi connectivity index (χ3v) is 4.56. The third-order valence-electron chi connectivity index (χ3n) is 3.68. The zero-order valence-electron chi connectivity index (χ0n) is 14.5. The second-order valence-corrected chi connectivity index (χ2v) is 6.37. The summed E-state index contributed by atoms with van der Waals surface area (Å²) in [7, 11) is 2.99. The lowest BCUT2D eigenvalue weighted by atomic mass is 10.2. The Morgan fingerprint density at radius 2 is 1.93 bits per heavy atom. The number of nitrogens with one attached hydrogen (secondary N) is 2. The average molecular weight is 388 g/mol. The van der Waals surface area contributed by atoms with Gasteiger partial charge in [-0.3, -0.25) is 14.9 Å². The number of carbonyl (C=O) groups is 1. The average Bonchev–Trinajstić information content (AvgIpc) is 3.08. The number of benzene rings is 2. The van der Waals surface area contributed by atoms with Crippen molar-refractivity contribution in [1.29, 1.82) is 0 Å². The Hall–Kier alpha value is -3.27. The van der Waals surface area contributed by atoms with Crippen LogP contribution in [0, 0.1) is 10.1 Å². The molecule has 0 unspecified atom stereocenters. The van der Waals surface area contributed by atoms with E-state index in [9.17, 15) is 14.9 Å². The number of methoxy groups -OCH3 is 2. The Bertz CT molecular complexity index is 1000. The van der Waals surface area contributed by atoms with Crippen molar-refractivity contribution in [2.75, 3.05) is 25.3 Å². The van der Waals surface area contributed by atoms with E-state index in [4.69, 9.17) is 9.47 Å². The summed E-state index contributed by atoms with van der Waals surface area (Å²) in [5, 5.41) is 14.3. The Balaban J connectivity index is 1.67. The predicted molar refractivity (Wildman–Crippen MR) is 102 cm³/mol. The second-order valence-electron chi connectivity index (χ2n) is 5.40. The first kappa shape index (κ1) is 18.5. The molecular formula is C17H16N4O5S. The van der Waals surface area contributed by atoms with Crippen molar-refractivity contribution < 1.29 is 19.2 Å². The van der Waals surface area contributed by atoms with Gasteiger partial charge in [-0.25, -0.2) is 4.98 Å². The number of anilines is 1. The Morgan fingerprint density at radius 1 is 1.22 bits per heavy atom. The lowest BCUT2D eigenvalue weighted by Gasteiger charge is -2.07. The van der Waals surface area contributed by atoms with Crippen LogP contribution in [0.3, 0.4) is 0 Å². The summed E-state index contributed by atoms with van der Waals surface area (Å²) in [6.45, 7) is 0. The first-order chi connectivity index (χ1) is 13.0. The molecule has 10 heteroatoms. The number of thioether (sulfide) groups is 1. The van der Waals surface area contributed by atoms with Gasteiger partial charge in [0.05, 0.1) is 42.0 Å². The highest BCUT2D eigenvalue weighted by Gasteiger charge is 2.17. The number of nitrogens with zero attached hydrogens (tertiary/aromatic N) is 2. The minimum Gasteiger partial charge on any atom is -0.497 e. The van der Waals surface area contributed by atoms with Gasteiger partial charge in [0, 0.05) is 6.07 Å². The maximum absolute atomic E-state index is 12.2. The molecule has 0 radical (unpaired) electrons. The highest BCUT2D eigenvalue weighted by atomic mass is 32.2. The molecule has 3 rings (SSSR count). The Morgan fingerprint density at radius 3 is 2.63 bits per heavy atom. The van der Waals surface area contributed by atoms with Crippen molar-refractivity contribution in [3.8, 4) is 11.5 Å². The number of amides is 1. The van der Waals surface area contributed by atoms with Crippen LogP contribution < -0.4 is 14.8 Å². The standard InChI is InChI=1S/C17H16N4O5S/c1-25-10-3-5-12-14(7-10)20-17(19-12)27-9-16(22)18-13-6-4-11(26-2)8-15(13)21(23)24/h3-8H,9H2,1-2H3,(H,18,22)(H,19,20). The molecule has 0 bridgehead atoms. The van der Waals surface area contributed by atoms with Crippen molar-refractivity contribution in [3.63, 3.8) is 0 Å². The van der Waals surface area contributed by atoms with Crippen molar-refractivity contribution in [3.05, 3.63) is 46.5 Å². The number of fused-ring (bicyclic) bond motifs is 1. The van der Waals surface area contributed by atoms with E-state index in [1.807, 2.05) is 12.1 Å². The van der Waals surface area contributed by atoms with Crippen LogP contribution in [0.25, 0.3) is 11.0 Å². The van der Waals surface area contributed by atoms with Gasteiger partial charge in [-0.2, -0.15) is 0 Å². The SMILES string of the molecule is COc1ccc(NC(=O)CSc2nc3ccc(OC)cc3[nH]2)c([N+](=O)[O-])c1. The number of ether oxygens (including phenoxy) is 2. The van der Waals surface area contributed by atoms with Crippen LogP contribution in [-0.2, 0) is 4.79 Å². The Kier molecular flexibility index (Phi) is 5.46. The van der Waals surface area contributed by atoms with Crippen LogP contribution in [-0.4, -0.2) is 40.8 Å². The van der Waals surface area contributed by atoms with Gasteiger partial charge in [-0.15, -0.1) is 0 Å². The summed E-state index contributed by atoms with van der Waals surface area (Å²) in [6, 6.07) is 9.67. The van der Waals surface area contributed by atoms with E-state index < -0.39 is 4.92 Å². The van der Waals surface area contributed by atoms with Gasteiger partial charge >= 0.3 is 0 Å². The van der Waals surface area contributed by atoms with Gasteiger partial charge in [-0.05, 0) is 24.3 Å². The number of imidazole rings is 1. The highest BCUT2D eigenvalue weighted by molar-refractivity contribution is 7.99. The largest absolute Gasteiger partial charge is 0.497 e. The first-order valence-electron chi connectivity index (χ1n) is 7.79. The third kappa shape index (κ3) is 4.29. The molecule has 3 aromatic rings. The summed E-state index contributed by atoms with van der Waals surface area (Å²) in [6.07, 6.45) is 0. The number of aromatic amines is 1. The van der Waals surface area contributed by atoms with Crippen molar-refractivity contribution >= 4 is 40.1 Å². The molecule has 1 heterocycles. The molecule has 0 aliphatic rings. The fourth-order valence-electron chi connectivity index (χ4n) is 2.38. The number of nitro benzene ring substituents is 1. The molecule has 0 aliphatic heterocycles. The van der Waals surface area contributed by atoms with Crippen LogP contribution in [0.15, 0.2) is 41.6 Å². The van der Waals surface area contributed by atoms with E-state index in [0.29, 0.717) is 16.7 Å². The summed E-state index contributed by atoms with van der Waals surface area (Å²) < 4.78 is 10.1. The van der Waals surface area contributed by atoms with E-state index in [0.717, 1.165) is 11.0 Å². The van der Waals surface area contributed by atoms with Crippen molar-refractivity contribution in [2.24, 2.45) is 0 Å². The van der Waals surface area contributed by atoms with Crippen LogP contribution >= 0.6 is 11.8 Å². The molecule has 2 N–H and O–H groups in total. The van der Waals surface area contributed by atoms with Crippen LogP contribution in [0.4, 0.5) is 11.4 Å². The van der Waals surface area contributed by atoms with Gasteiger partial charge in [0.25, 0.3) is 5.69 Å². The molecule has 0 saturated carbocycles. The number of nitro groups is 1. The number of hydrogen-bond donors (Lipinski definition) is 2. The van der Waals surface area contributed by atoms with E-state index in [1.165, 1.54) is 31.0 Å². The predicted octanol–water partition coefficient (Wildman–Crippen LogP) is 3.22. The number of H-pyrrole nitrogens is 1. The molecule has 0 atom stereocenters. The molecule has 140 valence electrons. The first-order valence-corrected chi connectivity index (χ1v) is 8.77. The number of hydrogen-bond acceptors (Lipinski definition) is 7. The lowest BCUT2D eigenvalue weighted by Crippen LogP contribution is -2.15. The quantitative estimate of drug-likeness (QED) is 0.362. The van der Waals surface area contributed by atoms with Crippen LogP contribution in [0.1, 0.15) is 0 Å². The molecule has 0 spiro atoms. The summed E-state index contributed by atoms with van der Waals surface area (Å²) in [5.41, 5.74) is 1.43. The highest BCUT2D eigenvalue weighted by Crippen LogP contribution is 2.29. The van der Waals surface area contributed by atoms with Crippen molar-refractivity contribution in [1.82, 2.24) is 9.97 Å². The fourth-order valence-corrected chi connectivity index (χ4v) is 3.06. The summed E-state index contributed by atoms with van der Waals surface area (Å²) in [5.74, 6) is 0.700. The zero-order chi connectivity index (χ0) is 19.4. The van der Waals surface area contributed by atoms with E-state index >= 15 is 0 Å². The summed E-state index contributed by atoms with van der Waals surface area (Å²) in [4.78, 5) is 30.3. The molecule has 27 heavy (non-hydrogen) atoms. The maximum atomic E-state index is 12.2. The van der Waals surface area contributed by atoms with Gasteiger partial charge in [0.15, 0.2) is 5.16 Å². The van der Waals surface area contributed by atoms with E-state index in [1.54, 1.807) is 19.2 Å². The fraction of sp³-hybridized carbons (Fsp3) is 0.176. The smallest absolute Gasteiger partial charge is 0.296 e. The van der Waals surface area contributed by atoms with E-state index in [-0.39, 0.29) is 23.0 Å². The Labute approximate surface area is 158 Å².